The van der Waals surface area contributed by atoms with Crippen LogP contribution < -0.4 is 0 Å². The lowest BCUT2D eigenvalue weighted by atomic mass is 10.4. The summed E-state index contributed by atoms with van der Waals surface area (Å²) in [6.07, 6.45) is 0. The van der Waals surface area contributed by atoms with Crippen LogP contribution in [0.15, 0.2) is 12.1 Å². The summed E-state index contributed by atoms with van der Waals surface area (Å²) < 4.78 is 0.906. The number of aryl methyl sites for hydroxylation is 1. The first-order valence-corrected chi connectivity index (χ1v) is 6.73. The van der Waals surface area contributed by atoms with Crippen LogP contribution in [0, 0.1) is 6.92 Å². The van der Waals surface area contributed by atoms with E-state index in [1.807, 2.05) is 19.1 Å². The fourth-order valence-electron chi connectivity index (χ4n) is 1.03. The molecule has 0 saturated carbocycles. The SMILES string of the molecule is Cc1ccc(C(=O)SCC[N+](C)(C)C)s1. The zero-order chi connectivity index (χ0) is 11.5. The zero-order valence-electron chi connectivity index (χ0n) is 9.74. The molecule has 15 heavy (non-hydrogen) atoms. The van der Waals surface area contributed by atoms with Gasteiger partial charge in [0.15, 0.2) is 0 Å². The Kier molecular flexibility index (Phi) is 4.37. The maximum absolute atomic E-state index is 11.7. The van der Waals surface area contributed by atoms with E-state index in [-0.39, 0.29) is 5.12 Å². The van der Waals surface area contributed by atoms with Crippen LogP contribution in [-0.2, 0) is 0 Å². The summed E-state index contributed by atoms with van der Waals surface area (Å²) in [6.45, 7) is 3.04. The Morgan fingerprint density at radius 3 is 2.53 bits per heavy atom. The molecule has 0 spiro atoms. The zero-order valence-corrected chi connectivity index (χ0v) is 11.4. The molecule has 0 saturated heterocycles. The molecule has 1 aromatic heterocycles. The molecule has 0 aliphatic rings. The molecule has 2 nitrogen and oxygen atoms in total. The van der Waals surface area contributed by atoms with Crippen LogP contribution in [0.5, 0.6) is 0 Å². The number of thioether (sulfide) groups is 1. The van der Waals surface area contributed by atoms with E-state index in [2.05, 4.69) is 21.1 Å². The maximum Gasteiger partial charge on any atom is 0.229 e. The van der Waals surface area contributed by atoms with Gasteiger partial charge in [-0.3, -0.25) is 4.79 Å². The van der Waals surface area contributed by atoms with Gasteiger partial charge in [-0.15, -0.1) is 11.3 Å². The third-order valence-electron chi connectivity index (χ3n) is 1.94. The van der Waals surface area contributed by atoms with Gasteiger partial charge in [0.1, 0.15) is 0 Å². The highest BCUT2D eigenvalue weighted by atomic mass is 32.2. The van der Waals surface area contributed by atoms with Crippen LogP contribution in [-0.4, -0.2) is 43.0 Å². The molecule has 0 unspecified atom stereocenters. The first-order chi connectivity index (χ1) is 6.88. The van der Waals surface area contributed by atoms with Crippen LogP contribution in [0.1, 0.15) is 14.5 Å². The number of carbonyl (C=O) groups is 1. The van der Waals surface area contributed by atoms with Gasteiger partial charge in [0, 0.05) is 4.88 Å². The molecule has 0 aliphatic carbocycles. The van der Waals surface area contributed by atoms with Crippen molar-refractivity contribution in [3.63, 3.8) is 0 Å². The first-order valence-electron chi connectivity index (χ1n) is 4.92. The molecule has 84 valence electrons. The lowest BCUT2D eigenvalue weighted by Gasteiger charge is -2.23. The predicted molar refractivity (Wildman–Crippen MR) is 68.7 cm³/mol. The Bertz CT molecular complexity index is 339. The van der Waals surface area contributed by atoms with Crippen molar-refractivity contribution in [3.8, 4) is 0 Å². The molecule has 1 aromatic rings. The van der Waals surface area contributed by atoms with E-state index in [1.165, 1.54) is 16.6 Å². The van der Waals surface area contributed by atoms with Gasteiger partial charge in [0.25, 0.3) is 0 Å². The van der Waals surface area contributed by atoms with E-state index < -0.39 is 0 Å². The van der Waals surface area contributed by atoms with Crippen LogP contribution in [0.25, 0.3) is 0 Å². The van der Waals surface area contributed by atoms with Gasteiger partial charge in [0.05, 0.1) is 38.3 Å². The van der Waals surface area contributed by atoms with E-state index in [0.717, 1.165) is 21.7 Å². The van der Waals surface area contributed by atoms with E-state index >= 15 is 0 Å². The molecule has 1 rings (SSSR count). The second-order valence-electron chi connectivity index (χ2n) is 4.56. The summed E-state index contributed by atoms with van der Waals surface area (Å²) in [5.41, 5.74) is 0. The first kappa shape index (κ1) is 12.7. The van der Waals surface area contributed by atoms with Crippen molar-refractivity contribution in [2.45, 2.75) is 6.92 Å². The molecular weight excluding hydrogens is 226 g/mol. The Labute approximate surface area is 99.9 Å². The molecule has 0 bridgehead atoms. The number of carbonyl (C=O) groups excluding carboxylic acids is 1. The molecule has 0 aliphatic heterocycles. The third-order valence-corrected chi connectivity index (χ3v) is 3.93. The van der Waals surface area contributed by atoms with E-state index in [9.17, 15) is 4.79 Å². The number of quaternary nitrogens is 1. The summed E-state index contributed by atoms with van der Waals surface area (Å²) >= 11 is 3.00. The lowest BCUT2D eigenvalue weighted by Crippen LogP contribution is -2.36. The van der Waals surface area contributed by atoms with Gasteiger partial charge < -0.3 is 4.48 Å². The average Bonchev–Trinajstić information content (AvgIpc) is 2.49. The number of rotatable bonds is 4. The molecular formula is C11H18NOS2+. The van der Waals surface area contributed by atoms with Crippen molar-refractivity contribution in [2.75, 3.05) is 33.4 Å². The Morgan fingerprint density at radius 1 is 1.40 bits per heavy atom. The highest BCUT2D eigenvalue weighted by Gasteiger charge is 2.12. The highest BCUT2D eigenvalue weighted by molar-refractivity contribution is 8.14. The minimum Gasteiger partial charge on any atom is -0.330 e. The third kappa shape index (κ3) is 4.82. The second kappa shape index (κ2) is 5.14. The predicted octanol–water partition coefficient (Wildman–Crippen LogP) is 2.64. The fraction of sp³-hybridized carbons (Fsp3) is 0.545. The molecule has 0 amide bonds. The Morgan fingerprint density at radius 2 is 2.07 bits per heavy atom. The monoisotopic (exact) mass is 244 g/mol. The van der Waals surface area contributed by atoms with Gasteiger partial charge in [-0.2, -0.15) is 0 Å². The van der Waals surface area contributed by atoms with Crippen molar-refractivity contribution in [2.24, 2.45) is 0 Å². The Hall–Kier alpha value is -0.320. The minimum absolute atomic E-state index is 0.210. The van der Waals surface area contributed by atoms with Crippen molar-refractivity contribution >= 4 is 28.2 Å². The van der Waals surface area contributed by atoms with E-state index in [0.29, 0.717) is 0 Å². The molecule has 0 fully saturated rings. The number of hydrogen-bond donors (Lipinski definition) is 0. The molecule has 1 heterocycles. The quantitative estimate of drug-likeness (QED) is 0.757. The summed E-state index contributed by atoms with van der Waals surface area (Å²) in [6, 6.07) is 3.92. The van der Waals surface area contributed by atoms with E-state index in [4.69, 9.17) is 0 Å². The average molecular weight is 244 g/mol. The standard InChI is InChI=1S/C11H18NOS2/c1-9-5-6-10(15-9)11(13)14-8-7-12(2,3)4/h5-6H,7-8H2,1-4H3/q+1. The fourth-order valence-corrected chi connectivity index (χ4v) is 3.07. The lowest BCUT2D eigenvalue weighted by molar-refractivity contribution is -0.867. The van der Waals surface area contributed by atoms with Gasteiger partial charge in [-0.25, -0.2) is 0 Å². The molecule has 0 atom stereocenters. The smallest absolute Gasteiger partial charge is 0.229 e. The van der Waals surface area contributed by atoms with Gasteiger partial charge in [-0.1, -0.05) is 11.8 Å². The van der Waals surface area contributed by atoms with Gasteiger partial charge in [0.2, 0.25) is 5.12 Å². The minimum atomic E-state index is 0.210. The van der Waals surface area contributed by atoms with Gasteiger partial charge >= 0.3 is 0 Å². The summed E-state index contributed by atoms with van der Waals surface area (Å²) in [4.78, 5) is 13.8. The van der Waals surface area contributed by atoms with E-state index in [1.54, 1.807) is 11.3 Å². The summed E-state index contributed by atoms with van der Waals surface area (Å²) in [5.74, 6) is 0.888. The number of nitrogens with zero attached hydrogens (tertiary/aromatic N) is 1. The van der Waals surface area contributed by atoms with Gasteiger partial charge in [-0.05, 0) is 19.1 Å². The molecule has 0 aromatic carbocycles. The number of thiophene rings is 1. The van der Waals surface area contributed by atoms with Crippen molar-refractivity contribution < 1.29 is 9.28 Å². The molecule has 0 N–H and O–H groups in total. The second-order valence-corrected chi connectivity index (χ2v) is 6.92. The van der Waals surface area contributed by atoms with Crippen molar-refractivity contribution in [1.29, 1.82) is 0 Å². The van der Waals surface area contributed by atoms with Crippen LogP contribution in [0.3, 0.4) is 0 Å². The highest BCUT2D eigenvalue weighted by Crippen LogP contribution is 2.21. The summed E-state index contributed by atoms with van der Waals surface area (Å²) in [5, 5.41) is 0.210. The topological polar surface area (TPSA) is 17.1 Å². The summed E-state index contributed by atoms with van der Waals surface area (Å²) in [7, 11) is 6.42. The number of hydrogen-bond acceptors (Lipinski definition) is 3. The normalized spacial score (nSPS) is 11.7. The maximum atomic E-state index is 11.7. The molecule has 4 heteroatoms. The van der Waals surface area contributed by atoms with Crippen molar-refractivity contribution in [1.82, 2.24) is 0 Å². The molecule has 0 radical (unpaired) electrons. The van der Waals surface area contributed by atoms with Crippen LogP contribution in [0.4, 0.5) is 0 Å². The van der Waals surface area contributed by atoms with Crippen molar-refractivity contribution in [3.05, 3.63) is 21.9 Å². The largest absolute Gasteiger partial charge is 0.330 e. The van der Waals surface area contributed by atoms with Crippen LogP contribution in [0.2, 0.25) is 0 Å². The van der Waals surface area contributed by atoms with Crippen LogP contribution >= 0.6 is 23.1 Å². The Balaban J connectivity index is 2.37.